The zero-order chi connectivity index (χ0) is 24.6. The lowest BCUT2D eigenvalue weighted by atomic mass is 10.1. The molecule has 2 heterocycles. The van der Waals surface area contributed by atoms with Gasteiger partial charge in [0.15, 0.2) is 11.0 Å². The highest BCUT2D eigenvalue weighted by atomic mass is 32.2. The standard InChI is InChI=1S/C25H22N6O3S/c1-17-3-9-21(10-4-17)31-23(19-11-13-26-14-12-19)29-30-25(31)35-16-22(32)28-27-15-18-5-7-20(8-6-18)24(33)34-2/h3-15H,16H2,1-2H3,(H,28,32)/b27-15+. The summed E-state index contributed by atoms with van der Waals surface area (Å²) >= 11 is 1.26. The van der Waals surface area contributed by atoms with Gasteiger partial charge < -0.3 is 4.74 Å². The van der Waals surface area contributed by atoms with Crippen LogP contribution in [0.5, 0.6) is 0 Å². The highest BCUT2D eigenvalue weighted by Crippen LogP contribution is 2.27. The van der Waals surface area contributed by atoms with E-state index in [1.165, 1.54) is 25.1 Å². The Kier molecular flexibility index (Phi) is 7.63. The summed E-state index contributed by atoms with van der Waals surface area (Å²) in [5.74, 6) is 0.0530. The van der Waals surface area contributed by atoms with Crippen LogP contribution in [0.3, 0.4) is 0 Å². The van der Waals surface area contributed by atoms with E-state index in [0.29, 0.717) is 16.5 Å². The maximum absolute atomic E-state index is 12.4. The smallest absolute Gasteiger partial charge is 0.337 e. The number of aryl methyl sites for hydroxylation is 1. The van der Waals surface area contributed by atoms with Crippen LogP contribution in [0.1, 0.15) is 21.5 Å². The van der Waals surface area contributed by atoms with Crippen LogP contribution in [-0.2, 0) is 9.53 Å². The molecule has 1 N–H and O–H groups in total. The van der Waals surface area contributed by atoms with Crippen LogP contribution in [0.25, 0.3) is 17.1 Å². The number of esters is 1. The zero-order valence-electron chi connectivity index (χ0n) is 19.1. The Morgan fingerprint density at radius 1 is 1.03 bits per heavy atom. The minimum atomic E-state index is -0.413. The van der Waals surface area contributed by atoms with Gasteiger partial charge in [0.2, 0.25) is 0 Å². The summed E-state index contributed by atoms with van der Waals surface area (Å²) in [6.45, 7) is 2.02. The Morgan fingerprint density at radius 3 is 2.43 bits per heavy atom. The van der Waals surface area contributed by atoms with Crippen LogP contribution in [0.15, 0.2) is 83.3 Å². The fourth-order valence-corrected chi connectivity index (χ4v) is 3.89. The molecule has 10 heteroatoms. The Labute approximate surface area is 206 Å². The lowest BCUT2D eigenvalue weighted by Gasteiger charge is -2.10. The van der Waals surface area contributed by atoms with Crippen molar-refractivity contribution in [3.8, 4) is 17.1 Å². The first-order chi connectivity index (χ1) is 17.0. The summed E-state index contributed by atoms with van der Waals surface area (Å²) in [7, 11) is 1.33. The first kappa shape index (κ1) is 23.8. The summed E-state index contributed by atoms with van der Waals surface area (Å²) in [4.78, 5) is 28.0. The normalized spacial score (nSPS) is 10.9. The summed E-state index contributed by atoms with van der Waals surface area (Å²) in [5.41, 5.74) is 6.57. The Balaban J connectivity index is 1.44. The topological polar surface area (TPSA) is 111 Å². The van der Waals surface area contributed by atoms with E-state index < -0.39 is 5.97 Å². The molecule has 1 amide bonds. The molecule has 0 spiro atoms. The number of aromatic nitrogens is 4. The van der Waals surface area contributed by atoms with Crippen LogP contribution in [0.2, 0.25) is 0 Å². The average molecular weight is 487 g/mol. The molecule has 0 radical (unpaired) electrons. The van der Waals surface area contributed by atoms with Crippen molar-refractivity contribution < 1.29 is 14.3 Å². The van der Waals surface area contributed by atoms with Crippen molar-refractivity contribution in [1.29, 1.82) is 0 Å². The Hall–Kier alpha value is -4.31. The lowest BCUT2D eigenvalue weighted by molar-refractivity contribution is -0.118. The molecule has 2 aromatic heterocycles. The van der Waals surface area contributed by atoms with E-state index in [2.05, 4.69) is 30.4 Å². The number of hydrogen-bond donors (Lipinski definition) is 1. The van der Waals surface area contributed by atoms with Crippen LogP contribution in [-0.4, -0.2) is 50.7 Å². The van der Waals surface area contributed by atoms with Gasteiger partial charge in [0.1, 0.15) is 0 Å². The van der Waals surface area contributed by atoms with Crippen LogP contribution in [0.4, 0.5) is 0 Å². The average Bonchev–Trinajstić information content (AvgIpc) is 3.32. The van der Waals surface area contributed by atoms with E-state index in [1.54, 1.807) is 36.7 Å². The fourth-order valence-electron chi connectivity index (χ4n) is 3.14. The molecule has 35 heavy (non-hydrogen) atoms. The van der Waals surface area contributed by atoms with Gasteiger partial charge in [0, 0.05) is 23.6 Å². The number of nitrogens with zero attached hydrogens (tertiary/aromatic N) is 5. The maximum Gasteiger partial charge on any atom is 0.337 e. The number of carbonyl (C=O) groups is 2. The van der Waals surface area contributed by atoms with Crippen molar-refractivity contribution >= 4 is 29.9 Å². The highest BCUT2D eigenvalue weighted by Gasteiger charge is 2.17. The van der Waals surface area contributed by atoms with Crippen molar-refractivity contribution in [3.63, 3.8) is 0 Å². The Bertz CT molecular complexity index is 1340. The molecule has 0 atom stereocenters. The molecule has 9 nitrogen and oxygen atoms in total. The van der Waals surface area contributed by atoms with E-state index in [1.807, 2.05) is 47.9 Å². The van der Waals surface area contributed by atoms with Gasteiger partial charge in [-0.15, -0.1) is 10.2 Å². The van der Waals surface area contributed by atoms with Crippen LogP contribution >= 0.6 is 11.8 Å². The second-order valence-electron chi connectivity index (χ2n) is 7.41. The quantitative estimate of drug-likeness (QED) is 0.175. The third-order valence-corrected chi connectivity index (χ3v) is 5.86. The molecule has 0 fully saturated rings. The van der Waals surface area contributed by atoms with Gasteiger partial charge in [-0.1, -0.05) is 41.6 Å². The van der Waals surface area contributed by atoms with Crippen molar-refractivity contribution in [3.05, 3.63) is 89.7 Å². The van der Waals surface area contributed by atoms with Gasteiger partial charge in [0.25, 0.3) is 5.91 Å². The minimum absolute atomic E-state index is 0.0962. The molecule has 0 unspecified atom stereocenters. The number of pyridine rings is 1. The van der Waals surface area contributed by atoms with E-state index in [9.17, 15) is 9.59 Å². The molecule has 0 bridgehead atoms. The number of hydrogen-bond acceptors (Lipinski definition) is 8. The highest BCUT2D eigenvalue weighted by molar-refractivity contribution is 7.99. The molecule has 0 saturated heterocycles. The van der Waals surface area contributed by atoms with Gasteiger partial charge in [-0.3, -0.25) is 14.3 Å². The lowest BCUT2D eigenvalue weighted by Crippen LogP contribution is -2.20. The number of hydrazone groups is 1. The summed E-state index contributed by atoms with van der Waals surface area (Å²) in [5, 5.41) is 13.3. The number of benzene rings is 2. The molecular formula is C25H22N6O3S. The summed E-state index contributed by atoms with van der Waals surface area (Å²) in [6, 6.07) is 18.4. The van der Waals surface area contributed by atoms with Crippen molar-refractivity contribution in [2.24, 2.45) is 5.10 Å². The van der Waals surface area contributed by atoms with Gasteiger partial charge in [-0.25, -0.2) is 10.2 Å². The zero-order valence-corrected chi connectivity index (χ0v) is 19.9. The molecule has 0 aliphatic heterocycles. The number of carbonyl (C=O) groups excluding carboxylic acids is 2. The Morgan fingerprint density at radius 2 is 1.74 bits per heavy atom. The summed E-state index contributed by atoms with van der Waals surface area (Å²) < 4.78 is 6.59. The largest absolute Gasteiger partial charge is 0.465 e. The molecule has 0 aliphatic carbocycles. The van der Waals surface area contributed by atoms with E-state index in [4.69, 9.17) is 0 Å². The summed E-state index contributed by atoms with van der Waals surface area (Å²) in [6.07, 6.45) is 4.90. The van der Waals surface area contributed by atoms with Crippen LogP contribution < -0.4 is 5.43 Å². The number of ether oxygens (including phenoxy) is 1. The molecule has 176 valence electrons. The molecule has 0 saturated carbocycles. The maximum atomic E-state index is 12.4. The number of rotatable bonds is 8. The monoisotopic (exact) mass is 486 g/mol. The fraction of sp³-hybridized carbons (Fsp3) is 0.120. The number of methoxy groups -OCH3 is 1. The first-order valence-electron chi connectivity index (χ1n) is 10.6. The van der Waals surface area contributed by atoms with Gasteiger partial charge in [0.05, 0.1) is 24.6 Å². The number of nitrogens with one attached hydrogen (secondary N) is 1. The van der Waals surface area contributed by atoms with Crippen molar-refractivity contribution in [2.75, 3.05) is 12.9 Å². The molecule has 4 aromatic rings. The predicted octanol–water partition coefficient (Wildman–Crippen LogP) is 3.67. The van der Waals surface area contributed by atoms with Crippen molar-refractivity contribution in [1.82, 2.24) is 25.2 Å². The van der Waals surface area contributed by atoms with Crippen molar-refractivity contribution in [2.45, 2.75) is 12.1 Å². The van der Waals surface area contributed by atoms with E-state index >= 15 is 0 Å². The molecule has 0 aliphatic rings. The minimum Gasteiger partial charge on any atom is -0.465 e. The third kappa shape index (κ3) is 5.98. The van der Waals surface area contributed by atoms with Crippen LogP contribution in [0, 0.1) is 6.92 Å². The predicted molar refractivity (Wildman–Crippen MR) is 134 cm³/mol. The molecule has 2 aromatic carbocycles. The number of thioether (sulfide) groups is 1. The van der Waals surface area contributed by atoms with Gasteiger partial charge in [-0.2, -0.15) is 5.10 Å². The molecule has 4 rings (SSSR count). The second-order valence-corrected chi connectivity index (χ2v) is 8.35. The first-order valence-corrected chi connectivity index (χ1v) is 11.6. The van der Waals surface area contributed by atoms with E-state index in [0.717, 1.165) is 22.4 Å². The van der Waals surface area contributed by atoms with Gasteiger partial charge >= 0.3 is 5.97 Å². The van der Waals surface area contributed by atoms with E-state index in [-0.39, 0.29) is 11.7 Å². The molecular weight excluding hydrogens is 464 g/mol. The SMILES string of the molecule is COC(=O)c1ccc(/C=N/NC(=O)CSc2nnc(-c3ccncc3)n2-c2ccc(C)cc2)cc1. The number of amides is 1. The second kappa shape index (κ2) is 11.2. The van der Waals surface area contributed by atoms with Gasteiger partial charge in [-0.05, 0) is 48.9 Å². The third-order valence-electron chi connectivity index (χ3n) is 4.93.